The van der Waals surface area contributed by atoms with Gasteiger partial charge in [0.2, 0.25) is 5.88 Å². The quantitative estimate of drug-likeness (QED) is 0.845. The third-order valence-corrected chi connectivity index (χ3v) is 2.50. The summed E-state index contributed by atoms with van der Waals surface area (Å²) in [5, 5.41) is 3.58. The van der Waals surface area contributed by atoms with Gasteiger partial charge in [-0.1, -0.05) is 25.1 Å². The Labute approximate surface area is 93.1 Å². The first-order valence-corrected chi connectivity index (χ1v) is 5.09. The molecule has 3 nitrogen and oxygen atoms in total. The number of aromatic nitrogens is 1. The van der Waals surface area contributed by atoms with Crippen LogP contribution in [0.4, 0.5) is 10.3 Å². The number of nitrogen functional groups attached to an aromatic ring is 1. The monoisotopic (exact) mass is 220 g/mol. The first kappa shape index (κ1) is 10.7. The van der Waals surface area contributed by atoms with Crippen LogP contribution in [0, 0.1) is 5.82 Å². The standard InChI is InChI=1S/C12H13FN2O/c1-7(2)8-3-9(5-10(13)4-8)11-6-15-16-12(11)14/h3-7H,14H2,1-2H3. The zero-order chi connectivity index (χ0) is 11.7. The van der Waals surface area contributed by atoms with Gasteiger partial charge in [-0.05, 0) is 29.2 Å². The maximum absolute atomic E-state index is 13.4. The van der Waals surface area contributed by atoms with Crippen molar-refractivity contribution in [2.45, 2.75) is 19.8 Å². The molecule has 2 aromatic rings. The number of nitrogens with zero attached hydrogens (tertiary/aromatic N) is 1. The lowest BCUT2D eigenvalue weighted by Gasteiger charge is -2.07. The number of halogens is 1. The maximum Gasteiger partial charge on any atom is 0.229 e. The fourth-order valence-corrected chi connectivity index (χ4v) is 1.57. The molecule has 2 N–H and O–H groups in total. The van der Waals surface area contributed by atoms with Crippen molar-refractivity contribution < 1.29 is 8.91 Å². The van der Waals surface area contributed by atoms with E-state index in [2.05, 4.69) is 5.16 Å². The molecule has 0 atom stereocenters. The predicted molar refractivity (Wildman–Crippen MR) is 60.4 cm³/mol. The second kappa shape index (κ2) is 3.96. The number of hydrogen-bond donors (Lipinski definition) is 1. The molecule has 0 aliphatic rings. The maximum atomic E-state index is 13.4. The number of benzene rings is 1. The van der Waals surface area contributed by atoms with Crippen LogP contribution in [0.1, 0.15) is 25.3 Å². The molecule has 1 aromatic carbocycles. The third kappa shape index (κ3) is 1.91. The summed E-state index contributed by atoms with van der Waals surface area (Å²) in [7, 11) is 0. The smallest absolute Gasteiger partial charge is 0.229 e. The van der Waals surface area contributed by atoms with Crippen molar-refractivity contribution in [3.8, 4) is 11.1 Å². The number of rotatable bonds is 2. The van der Waals surface area contributed by atoms with Gasteiger partial charge in [-0.2, -0.15) is 0 Å². The first-order valence-electron chi connectivity index (χ1n) is 5.09. The lowest BCUT2D eigenvalue weighted by atomic mass is 9.98. The summed E-state index contributed by atoms with van der Waals surface area (Å²) in [6.07, 6.45) is 1.49. The van der Waals surface area contributed by atoms with Crippen LogP contribution in [-0.2, 0) is 0 Å². The van der Waals surface area contributed by atoms with Crippen molar-refractivity contribution in [1.29, 1.82) is 0 Å². The van der Waals surface area contributed by atoms with Gasteiger partial charge in [0.05, 0.1) is 11.8 Å². The van der Waals surface area contributed by atoms with E-state index < -0.39 is 0 Å². The Bertz CT molecular complexity index is 505. The molecule has 84 valence electrons. The van der Waals surface area contributed by atoms with Gasteiger partial charge >= 0.3 is 0 Å². The minimum Gasteiger partial charge on any atom is -0.367 e. The molecule has 0 saturated carbocycles. The largest absolute Gasteiger partial charge is 0.367 e. The van der Waals surface area contributed by atoms with E-state index in [1.807, 2.05) is 19.9 Å². The summed E-state index contributed by atoms with van der Waals surface area (Å²) in [5.74, 6) is 0.192. The van der Waals surface area contributed by atoms with Gasteiger partial charge in [-0.3, -0.25) is 0 Å². The van der Waals surface area contributed by atoms with Crippen molar-refractivity contribution in [1.82, 2.24) is 5.16 Å². The van der Waals surface area contributed by atoms with E-state index in [0.717, 1.165) is 5.56 Å². The van der Waals surface area contributed by atoms with Gasteiger partial charge in [-0.15, -0.1) is 0 Å². The Morgan fingerprint density at radius 1 is 1.31 bits per heavy atom. The SMILES string of the molecule is CC(C)c1cc(F)cc(-c2cnoc2N)c1. The van der Waals surface area contributed by atoms with Crippen LogP contribution in [-0.4, -0.2) is 5.16 Å². The molecule has 0 aliphatic carbocycles. The van der Waals surface area contributed by atoms with Crippen LogP contribution in [0.25, 0.3) is 11.1 Å². The summed E-state index contributed by atoms with van der Waals surface area (Å²) in [5.41, 5.74) is 7.85. The molecule has 1 aromatic heterocycles. The molecule has 0 radical (unpaired) electrons. The summed E-state index contributed by atoms with van der Waals surface area (Å²) < 4.78 is 18.2. The molecule has 0 unspecified atom stereocenters. The Hall–Kier alpha value is -1.84. The van der Waals surface area contributed by atoms with Crippen LogP contribution in [0.2, 0.25) is 0 Å². The Morgan fingerprint density at radius 2 is 2.06 bits per heavy atom. The Morgan fingerprint density at radius 3 is 2.62 bits per heavy atom. The highest BCUT2D eigenvalue weighted by Crippen LogP contribution is 2.29. The molecular formula is C12H13FN2O. The normalized spacial score (nSPS) is 11.0. The van der Waals surface area contributed by atoms with E-state index >= 15 is 0 Å². The van der Waals surface area contributed by atoms with Crippen LogP contribution in [0.15, 0.2) is 28.9 Å². The minimum atomic E-state index is -0.276. The van der Waals surface area contributed by atoms with Gasteiger partial charge in [0, 0.05) is 0 Å². The van der Waals surface area contributed by atoms with E-state index in [4.69, 9.17) is 10.3 Å². The lowest BCUT2D eigenvalue weighted by molar-refractivity contribution is 0.436. The molecule has 0 spiro atoms. The molecular weight excluding hydrogens is 207 g/mol. The summed E-state index contributed by atoms with van der Waals surface area (Å²) in [4.78, 5) is 0. The van der Waals surface area contributed by atoms with Crippen LogP contribution < -0.4 is 5.73 Å². The van der Waals surface area contributed by atoms with E-state index in [9.17, 15) is 4.39 Å². The molecule has 0 fully saturated rings. The van der Waals surface area contributed by atoms with Crippen molar-refractivity contribution in [3.63, 3.8) is 0 Å². The van der Waals surface area contributed by atoms with Gasteiger partial charge in [-0.25, -0.2) is 4.39 Å². The molecule has 2 rings (SSSR count). The summed E-state index contributed by atoms with van der Waals surface area (Å²) in [6.45, 7) is 4.02. The van der Waals surface area contributed by atoms with Gasteiger partial charge in [0.25, 0.3) is 0 Å². The van der Waals surface area contributed by atoms with E-state index in [0.29, 0.717) is 11.1 Å². The van der Waals surface area contributed by atoms with Crippen molar-refractivity contribution in [2.75, 3.05) is 5.73 Å². The van der Waals surface area contributed by atoms with E-state index in [1.165, 1.54) is 18.3 Å². The molecule has 0 bridgehead atoms. The number of hydrogen-bond acceptors (Lipinski definition) is 3. The second-order valence-corrected chi connectivity index (χ2v) is 4.03. The zero-order valence-electron chi connectivity index (χ0n) is 9.20. The van der Waals surface area contributed by atoms with Gasteiger partial charge in [0.15, 0.2) is 0 Å². The molecule has 16 heavy (non-hydrogen) atoms. The highest BCUT2D eigenvalue weighted by Gasteiger charge is 2.10. The van der Waals surface area contributed by atoms with Crippen molar-refractivity contribution in [3.05, 3.63) is 35.8 Å². The molecule has 1 heterocycles. The molecule has 0 saturated heterocycles. The highest BCUT2D eigenvalue weighted by atomic mass is 19.1. The van der Waals surface area contributed by atoms with Crippen molar-refractivity contribution >= 4 is 5.88 Å². The Kier molecular flexibility index (Phi) is 2.64. The number of nitrogens with two attached hydrogens (primary N) is 1. The second-order valence-electron chi connectivity index (χ2n) is 4.03. The topological polar surface area (TPSA) is 52.0 Å². The summed E-state index contributed by atoms with van der Waals surface area (Å²) >= 11 is 0. The van der Waals surface area contributed by atoms with Crippen LogP contribution >= 0.6 is 0 Å². The lowest BCUT2D eigenvalue weighted by Crippen LogP contribution is -1.92. The molecule has 0 aliphatic heterocycles. The van der Waals surface area contributed by atoms with Crippen LogP contribution in [0.3, 0.4) is 0 Å². The van der Waals surface area contributed by atoms with Gasteiger partial charge in [0.1, 0.15) is 5.82 Å². The average molecular weight is 220 g/mol. The minimum absolute atomic E-state index is 0.209. The first-order chi connectivity index (χ1) is 7.58. The molecule has 4 heteroatoms. The predicted octanol–water partition coefficient (Wildman–Crippen LogP) is 3.19. The fraction of sp³-hybridized carbons (Fsp3) is 0.250. The van der Waals surface area contributed by atoms with E-state index in [-0.39, 0.29) is 17.6 Å². The third-order valence-electron chi connectivity index (χ3n) is 2.50. The number of anilines is 1. The summed E-state index contributed by atoms with van der Waals surface area (Å²) in [6, 6.07) is 4.85. The van der Waals surface area contributed by atoms with Crippen LogP contribution in [0.5, 0.6) is 0 Å². The highest BCUT2D eigenvalue weighted by molar-refractivity contribution is 5.72. The Balaban J connectivity index is 2.54. The average Bonchev–Trinajstić information content (AvgIpc) is 2.63. The molecule has 0 amide bonds. The van der Waals surface area contributed by atoms with Crippen molar-refractivity contribution in [2.24, 2.45) is 0 Å². The van der Waals surface area contributed by atoms with E-state index in [1.54, 1.807) is 0 Å². The van der Waals surface area contributed by atoms with Gasteiger partial charge < -0.3 is 10.3 Å². The fourth-order valence-electron chi connectivity index (χ4n) is 1.57. The zero-order valence-corrected chi connectivity index (χ0v) is 9.20.